The van der Waals surface area contributed by atoms with Crippen molar-refractivity contribution in [2.24, 2.45) is 0 Å². The van der Waals surface area contributed by atoms with Crippen LogP contribution in [0.1, 0.15) is 53.9 Å². The zero-order chi connectivity index (χ0) is 19.2. The summed E-state index contributed by atoms with van der Waals surface area (Å²) in [7, 11) is 0. The summed E-state index contributed by atoms with van der Waals surface area (Å²) < 4.78 is 5.25. The second-order valence-electron chi connectivity index (χ2n) is 6.81. The van der Waals surface area contributed by atoms with Crippen molar-refractivity contribution >= 4 is 39.6 Å². The number of piperidine rings is 1. The molecule has 1 aromatic carbocycles. The number of ether oxygens (including phenoxy) is 1. The van der Waals surface area contributed by atoms with Gasteiger partial charge in [0.05, 0.1) is 12.2 Å². The molecule has 1 aliphatic rings. The molecule has 2 heterocycles. The van der Waals surface area contributed by atoms with Crippen molar-refractivity contribution in [3.8, 4) is 0 Å². The molecular formula is C21H26N2O2S2. The monoisotopic (exact) mass is 402 g/mol. The first kappa shape index (κ1) is 19.8. The number of likely N-dealkylation sites (tertiary alicyclic amines) is 1. The third-order valence-electron chi connectivity index (χ3n) is 4.78. The van der Waals surface area contributed by atoms with Gasteiger partial charge >= 0.3 is 5.97 Å². The van der Waals surface area contributed by atoms with Crippen LogP contribution >= 0.6 is 23.6 Å². The van der Waals surface area contributed by atoms with Gasteiger partial charge in [-0.05, 0) is 57.0 Å². The Kier molecular flexibility index (Phi) is 6.85. The predicted octanol–water partition coefficient (Wildman–Crippen LogP) is 5.09. The van der Waals surface area contributed by atoms with E-state index in [0.717, 1.165) is 35.7 Å². The Balaban J connectivity index is 1.81. The number of esters is 1. The molecule has 1 aliphatic heterocycles. The Hall–Kier alpha value is -1.92. The number of nitrogens with one attached hydrogen (secondary N) is 1. The van der Waals surface area contributed by atoms with Crippen LogP contribution in [0, 0.1) is 0 Å². The van der Waals surface area contributed by atoms with E-state index in [4.69, 9.17) is 17.0 Å². The van der Waals surface area contributed by atoms with Gasteiger partial charge in [0.1, 0.15) is 5.00 Å². The van der Waals surface area contributed by atoms with Gasteiger partial charge in [-0.2, -0.15) is 0 Å². The van der Waals surface area contributed by atoms with Crippen LogP contribution in [-0.2, 0) is 11.2 Å². The van der Waals surface area contributed by atoms with Crippen molar-refractivity contribution in [3.05, 3.63) is 52.4 Å². The molecule has 0 amide bonds. The van der Waals surface area contributed by atoms with Crippen LogP contribution in [0.2, 0.25) is 0 Å². The van der Waals surface area contributed by atoms with Crippen molar-refractivity contribution in [1.29, 1.82) is 0 Å². The molecule has 0 radical (unpaired) electrons. The molecule has 1 atom stereocenters. The number of thiocarbonyl (C=S) groups is 1. The Bertz CT molecular complexity index is 789. The van der Waals surface area contributed by atoms with Gasteiger partial charge in [-0.1, -0.05) is 30.3 Å². The molecule has 1 aromatic heterocycles. The van der Waals surface area contributed by atoms with E-state index >= 15 is 0 Å². The van der Waals surface area contributed by atoms with E-state index in [1.165, 1.54) is 12.0 Å². The van der Waals surface area contributed by atoms with Crippen LogP contribution in [0.4, 0.5) is 5.00 Å². The average molecular weight is 403 g/mol. The predicted molar refractivity (Wildman–Crippen MR) is 116 cm³/mol. The van der Waals surface area contributed by atoms with E-state index in [2.05, 4.69) is 29.3 Å². The normalized spacial score (nSPS) is 16.8. The van der Waals surface area contributed by atoms with Gasteiger partial charge in [0.15, 0.2) is 5.11 Å². The van der Waals surface area contributed by atoms with Gasteiger partial charge in [-0.25, -0.2) is 4.79 Å². The molecule has 1 saturated heterocycles. The van der Waals surface area contributed by atoms with Crippen LogP contribution in [0.15, 0.2) is 36.4 Å². The fraction of sp³-hybridized carbons (Fsp3) is 0.429. The SMILES string of the molecule is CCOC(=O)c1cc(Cc2ccccc2)sc1NC(=S)N1CCCC[C@@H]1C. The summed E-state index contributed by atoms with van der Waals surface area (Å²) in [4.78, 5) is 15.8. The quantitative estimate of drug-likeness (QED) is 0.557. The maximum absolute atomic E-state index is 12.4. The van der Waals surface area contributed by atoms with E-state index in [1.807, 2.05) is 31.2 Å². The van der Waals surface area contributed by atoms with Crippen molar-refractivity contribution in [2.75, 3.05) is 18.5 Å². The summed E-state index contributed by atoms with van der Waals surface area (Å²) in [5.74, 6) is -0.301. The second-order valence-corrected chi connectivity index (χ2v) is 8.33. The zero-order valence-electron chi connectivity index (χ0n) is 15.9. The maximum atomic E-state index is 12.4. The van der Waals surface area contributed by atoms with Crippen LogP contribution in [0.3, 0.4) is 0 Å². The lowest BCUT2D eigenvalue weighted by molar-refractivity contribution is 0.0528. The molecular weight excluding hydrogens is 376 g/mol. The molecule has 3 rings (SSSR count). The highest BCUT2D eigenvalue weighted by molar-refractivity contribution is 7.80. The van der Waals surface area contributed by atoms with Gasteiger partial charge in [0.2, 0.25) is 0 Å². The highest BCUT2D eigenvalue weighted by atomic mass is 32.1. The number of rotatable bonds is 5. The topological polar surface area (TPSA) is 41.6 Å². The minimum absolute atomic E-state index is 0.301. The van der Waals surface area contributed by atoms with Crippen LogP contribution in [-0.4, -0.2) is 35.2 Å². The fourth-order valence-electron chi connectivity index (χ4n) is 3.35. The molecule has 0 bridgehead atoms. The summed E-state index contributed by atoms with van der Waals surface area (Å²) in [6.07, 6.45) is 4.33. The van der Waals surface area contributed by atoms with Crippen molar-refractivity contribution in [1.82, 2.24) is 4.90 Å². The van der Waals surface area contributed by atoms with E-state index in [0.29, 0.717) is 23.3 Å². The Morgan fingerprint density at radius 3 is 2.81 bits per heavy atom. The van der Waals surface area contributed by atoms with Crippen LogP contribution in [0.5, 0.6) is 0 Å². The third kappa shape index (κ3) is 5.08. The highest BCUT2D eigenvalue weighted by Gasteiger charge is 2.24. The zero-order valence-corrected chi connectivity index (χ0v) is 17.5. The molecule has 0 spiro atoms. The van der Waals surface area contributed by atoms with Gasteiger partial charge in [-0.15, -0.1) is 11.3 Å². The van der Waals surface area contributed by atoms with Crippen LogP contribution in [0.25, 0.3) is 0 Å². The molecule has 1 N–H and O–H groups in total. The number of anilines is 1. The van der Waals surface area contributed by atoms with Crippen molar-refractivity contribution in [3.63, 3.8) is 0 Å². The lowest BCUT2D eigenvalue weighted by atomic mass is 10.0. The van der Waals surface area contributed by atoms with E-state index < -0.39 is 0 Å². The molecule has 2 aromatic rings. The van der Waals surface area contributed by atoms with E-state index in [9.17, 15) is 4.79 Å². The number of carbonyl (C=O) groups is 1. The minimum atomic E-state index is -0.301. The van der Waals surface area contributed by atoms with Crippen molar-refractivity contribution in [2.45, 2.75) is 45.6 Å². The summed E-state index contributed by atoms with van der Waals surface area (Å²) in [5, 5.41) is 4.81. The van der Waals surface area contributed by atoms with Gasteiger partial charge in [0, 0.05) is 23.9 Å². The van der Waals surface area contributed by atoms with Gasteiger partial charge < -0.3 is 15.0 Å². The Morgan fingerprint density at radius 2 is 2.11 bits per heavy atom. The minimum Gasteiger partial charge on any atom is -0.462 e. The number of nitrogens with zero attached hydrogens (tertiary/aromatic N) is 1. The van der Waals surface area contributed by atoms with Gasteiger partial charge in [0.25, 0.3) is 0 Å². The molecule has 27 heavy (non-hydrogen) atoms. The first-order valence-corrected chi connectivity index (χ1v) is 10.7. The standard InChI is InChI=1S/C21H26N2O2S2/c1-3-25-20(24)18-14-17(13-16-10-5-4-6-11-16)27-19(18)22-21(26)23-12-8-7-9-15(23)2/h4-6,10-11,14-15H,3,7-9,12-13H2,1-2H3,(H,22,26)/t15-/m0/s1. The largest absolute Gasteiger partial charge is 0.462 e. The molecule has 144 valence electrons. The summed E-state index contributed by atoms with van der Waals surface area (Å²) in [6, 6.07) is 12.6. The maximum Gasteiger partial charge on any atom is 0.341 e. The molecule has 6 heteroatoms. The van der Waals surface area contributed by atoms with E-state index in [1.54, 1.807) is 11.3 Å². The van der Waals surface area contributed by atoms with Crippen LogP contribution < -0.4 is 5.32 Å². The number of benzene rings is 1. The third-order valence-corrected chi connectivity index (χ3v) is 6.17. The first-order valence-electron chi connectivity index (χ1n) is 9.50. The number of thiophene rings is 1. The summed E-state index contributed by atoms with van der Waals surface area (Å²) in [5.41, 5.74) is 1.78. The summed E-state index contributed by atoms with van der Waals surface area (Å²) >= 11 is 7.23. The lowest BCUT2D eigenvalue weighted by Gasteiger charge is -2.35. The van der Waals surface area contributed by atoms with E-state index in [-0.39, 0.29) is 5.97 Å². The smallest absolute Gasteiger partial charge is 0.341 e. The average Bonchev–Trinajstić information content (AvgIpc) is 3.05. The van der Waals surface area contributed by atoms with Gasteiger partial charge in [-0.3, -0.25) is 0 Å². The number of carbonyl (C=O) groups excluding carboxylic acids is 1. The second kappa shape index (κ2) is 9.33. The Morgan fingerprint density at radius 1 is 1.33 bits per heavy atom. The highest BCUT2D eigenvalue weighted by Crippen LogP contribution is 2.31. The van der Waals surface area contributed by atoms with Crippen molar-refractivity contribution < 1.29 is 9.53 Å². The molecule has 4 nitrogen and oxygen atoms in total. The summed E-state index contributed by atoms with van der Waals surface area (Å²) in [6.45, 7) is 5.34. The lowest BCUT2D eigenvalue weighted by Crippen LogP contribution is -2.44. The fourth-order valence-corrected chi connectivity index (χ4v) is 4.86. The Labute approximate surface area is 170 Å². The first-order chi connectivity index (χ1) is 13.1. The molecule has 0 aliphatic carbocycles. The molecule has 1 fully saturated rings. The number of hydrogen-bond acceptors (Lipinski definition) is 4. The molecule has 0 saturated carbocycles. The number of hydrogen-bond donors (Lipinski definition) is 1. The molecule has 0 unspecified atom stereocenters.